The Morgan fingerprint density at radius 2 is 2.25 bits per heavy atom. The maximum Gasteiger partial charge on any atom is 0.220 e. The molecule has 0 fully saturated rings. The molecule has 0 bridgehead atoms. The molecule has 1 aromatic carbocycles. The fraction of sp³-hybridized carbons (Fsp3) is 0.562. The van der Waals surface area contributed by atoms with Crippen molar-refractivity contribution in [2.75, 3.05) is 11.9 Å². The zero-order valence-electron chi connectivity index (χ0n) is 12.5. The van der Waals surface area contributed by atoms with Crippen LogP contribution in [0, 0.1) is 5.92 Å². The number of amides is 1. The van der Waals surface area contributed by atoms with Crippen LogP contribution in [0.1, 0.15) is 39.2 Å². The largest absolute Gasteiger partial charge is 0.487 e. The van der Waals surface area contributed by atoms with E-state index in [-0.39, 0.29) is 17.4 Å². The highest BCUT2D eigenvalue weighted by Crippen LogP contribution is 2.34. The highest BCUT2D eigenvalue weighted by Gasteiger charge is 2.26. The normalized spacial score (nSPS) is 17.8. The summed E-state index contributed by atoms with van der Waals surface area (Å²) in [4.78, 5) is 11.0. The molecule has 20 heavy (non-hydrogen) atoms. The predicted molar refractivity (Wildman–Crippen MR) is 80.9 cm³/mol. The van der Waals surface area contributed by atoms with Gasteiger partial charge in [0.15, 0.2) is 0 Å². The van der Waals surface area contributed by atoms with Crippen molar-refractivity contribution in [2.24, 2.45) is 11.7 Å². The van der Waals surface area contributed by atoms with E-state index in [1.807, 2.05) is 13.0 Å². The average molecular weight is 276 g/mol. The van der Waals surface area contributed by atoms with Crippen LogP contribution in [0.4, 0.5) is 5.69 Å². The third-order valence-corrected chi connectivity index (χ3v) is 3.84. The number of carbonyl (C=O) groups is 1. The van der Waals surface area contributed by atoms with Crippen molar-refractivity contribution >= 4 is 11.6 Å². The van der Waals surface area contributed by atoms with Crippen LogP contribution in [0.25, 0.3) is 0 Å². The smallest absolute Gasteiger partial charge is 0.220 e. The SMILES string of the molecule is CC(CCNc1ccc2c(c1)OC(C)(C)CC2)C(N)=O. The molecule has 1 aromatic rings. The summed E-state index contributed by atoms with van der Waals surface area (Å²) in [5.41, 5.74) is 7.45. The third kappa shape index (κ3) is 3.65. The fourth-order valence-electron chi connectivity index (χ4n) is 2.33. The van der Waals surface area contributed by atoms with Gasteiger partial charge in [0.25, 0.3) is 0 Å². The minimum atomic E-state index is -0.248. The van der Waals surface area contributed by atoms with E-state index in [1.54, 1.807) is 0 Å². The van der Waals surface area contributed by atoms with Gasteiger partial charge in [0, 0.05) is 24.2 Å². The lowest BCUT2D eigenvalue weighted by Crippen LogP contribution is -2.32. The Hall–Kier alpha value is -1.71. The summed E-state index contributed by atoms with van der Waals surface area (Å²) in [6.07, 6.45) is 2.84. The van der Waals surface area contributed by atoms with Gasteiger partial charge in [-0.1, -0.05) is 13.0 Å². The molecule has 1 aliphatic heterocycles. The van der Waals surface area contributed by atoms with Gasteiger partial charge < -0.3 is 15.8 Å². The molecule has 1 aliphatic rings. The van der Waals surface area contributed by atoms with Crippen molar-refractivity contribution in [3.63, 3.8) is 0 Å². The molecule has 1 heterocycles. The summed E-state index contributed by atoms with van der Waals surface area (Å²) in [7, 11) is 0. The number of ether oxygens (including phenoxy) is 1. The second-order valence-electron chi connectivity index (χ2n) is 6.20. The van der Waals surface area contributed by atoms with Gasteiger partial charge in [-0.15, -0.1) is 0 Å². The number of benzene rings is 1. The molecule has 0 saturated heterocycles. The molecule has 4 nitrogen and oxygen atoms in total. The minimum absolute atomic E-state index is 0.0912. The number of aryl methyl sites for hydroxylation is 1. The van der Waals surface area contributed by atoms with Crippen molar-refractivity contribution in [3.8, 4) is 5.75 Å². The monoisotopic (exact) mass is 276 g/mol. The van der Waals surface area contributed by atoms with Gasteiger partial charge in [-0.3, -0.25) is 4.79 Å². The lowest BCUT2D eigenvalue weighted by Gasteiger charge is -2.32. The summed E-state index contributed by atoms with van der Waals surface area (Å²) in [6.45, 7) is 6.81. The highest BCUT2D eigenvalue weighted by atomic mass is 16.5. The van der Waals surface area contributed by atoms with Gasteiger partial charge in [-0.05, 0) is 44.7 Å². The zero-order valence-corrected chi connectivity index (χ0v) is 12.5. The molecule has 1 unspecified atom stereocenters. The number of nitrogens with one attached hydrogen (secondary N) is 1. The molecule has 0 aromatic heterocycles. The standard InChI is InChI=1S/C16H24N2O2/c1-11(15(17)19)7-9-18-13-5-4-12-6-8-16(2,3)20-14(12)10-13/h4-5,10-11,18H,6-9H2,1-3H3,(H2,17,19). The molecular formula is C16H24N2O2. The second kappa shape index (κ2) is 5.73. The topological polar surface area (TPSA) is 64.3 Å². The van der Waals surface area contributed by atoms with Crippen molar-refractivity contribution < 1.29 is 9.53 Å². The van der Waals surface area contributed by atoms with Crippen LogP contribution in [0.2, 0.25) is 0 Å². The van der Waals surface area contributed by atoms with E-state index in [2.05, 4.69) is 31.3 Å². The molecular weight excluding hydrogens is 252 g/mol. The third-order valence-electron chi connectivity index (χ3n) is 3.84. The van der Waals surface area contributed by atoms with Crippen molar-refractivity contribution in [1.29, 1.82) is 0 Å². The number of nitrogens with two attached hydrogens (primary N) is 1. The number of fused-ring (bicyclic) bond motifs is 1. The van der Waals surface area contributed by atoms with Crippen LogP contribution in [0.15, 0.2) is 18.2 Å². The summed E-state index contributed by atoms with van der Waals surface area (Å²) in [6, 6.07) is 6.23. The Morgan fingerprint density at radius 3 is 2.95 bits per heavy atom. The molecule has 4 heteroatoms. The quantitative estimate of drug-likeness (QED) is 0.869. The highest BCUT2D eigenvalue weighted by molar-refractivity contribution is 5.76. The Labute approximate surface area is 120 Å². The first kappa shape index (κ1) is 14.7. The number of hydrogen-bond acceptors (Lipinski definition) is 3. The average Bonchev–Trinajstić information content (AvgIpc) is 2.37. The van der Waals surface area contributed by atoms with Crippen molar-refractivity contribution in [1.82, 2.24) is 0 Å². The number of carbonyl (C=O) groups excluding carboxylic acids is 1. The Bertz CT molecular complexity index is 497. The maximum absolute atomic E-state index is 11.0. The van der Waals surface area contributed by atoms with Crippen molar-refractivity contribution in [2.45, 2.75) is 45.6 Å². The molecule has 0 saturated carbocycles. The summed E-state index contributed by atoms with van der Waals surface area (Å²) in [5.74, 6) is 0.617. The van der Waals surface area contributed by atoms with Crippen LogP contribution in [-0.2, 0) is 11.2 Å². The van der Waals surface area contributed by atoms with E-state index in [1.165, 1.54) is 5.56 Å². The summed E-state index contributed by atoms with van der Waals surface area (Å²) < 4.78 is 6.01. The maximum atomic E-state index is 11.0. The van der Waals surface area contributed by atoms with E-state index in [4.69, 9.17) is 10.5 Å². The number of rotatable bonds is 5. The van der Waals surface area contributed by atoms with E-state index < -0.39 is 0 Å². The number of primary amides is 1. The minimum Gasteiger partial charge on any atom is -0.487 e. The van der Waals surface area contributed by atoms with Gasteiger partial charge in [0.1, 0.15) is 11.4 Å². The van der Waals surface area contributed by atoms with Crippen molar-refractivity contribution in [3.05, 3.63) is 23.8 Å². The molecule has 110 valence electrons. The number of anilines is 1. The van der Waals surface area contributed by atoms with Crippen LogP contribution < -0.4 is 15.8 Å². The molecule has 1 atom stereocenters. The Kier molecular flexibility index (Phi) is 4.21. The predicted octanol–water partition coefficient (Wildman–Crippen LogP) is 2.71. The van der Waals surface area contributed by atoms with Crippen LogP contribution >= 0.6 is 0 Å². The van der Waals surface area contributed by atoms with E-state index in [0.717, 1.165) is 37.2 Å². The van der Waals surface area contributed by atoms with Gasteiger partial charge in [-0.25, -0.2) is 0 Å². The van der Waals surface area contributed by atoms with Gasteiger partial charge in [-0.2, -0.15) is 0 Å². The van der Waals surface area contributed by atoms with Gasteiger partial charge >= 0.3 is 0 Å². The van der Waals surface area contributed by atoms with Gasteiger partial charge in [0.2, 0.25) is 5.91 Å². The summed E-state index contributed by atoms with van der Waals surface area (Å²) >= 11 is 0. The van der Waals surface area contributed by atoms with Crippen LogP contribution in [-0.4, -0.2) is 18.1 Å². The molecule has 0 aliphatic carbocycles. The lowest BCUT2D eigenvalue weighted by atomic mass is 9.94. The van der Waals surface area contributed by atoms with Crippen LogP contribution in [0.3, 0.4) is 0 Å². The fourth-order valence-corrected chi connectivity index (χ4v) is 2.33. The first-order chi connectivity index (χ1) is 9.37. The lowest BCUT2D eigenvalue weighted by molar-refractivity contribution is -0.121. The first-order valence-corrected chi connectivity index (χ1v) is 7.22. The first-order valence-electron chi connectivity index (χ1n) is 7.22. The molecule has 3 N–H and O–H groups in total. The molecule has 0 radical (unpaired) electrons. The zero-order chi connectivity index (χ0) is 14.8. The second-order valence-corrected chi connectivity index (χ2v) is 6.20. The van der Waals surface area contributed by atoms with Crippen LogP contribution in [0.5, 0.6) is 5.75 Å². The van der Waals surface area contributed by atoms with E-state index in [0.29, 0.717) is 0 Å². The summed E-state index contributed by atoms with van der Waals surface area (Å²) in [5, 5.41) is 3.32. The molecule has 1 amide bonds. The number of hydrogen-bond donors (Lipinski definition) is 2. The van der Waals surface area contributed by atoms with E-state index >= 15 is 0 Å². The Morgan fingerprint density at radius 1 is 1.50 bits per heavy atom. The van der Waals surface area contributed by atoms with E-state index in [9.17, 15) is 4.79 Å². The molecule has 2 rings (SSSR count). The Balaban J connectivity index is 1.96. The van der Waals surface area contributed by atoms with Gasteiger partial charge in [0.05, 0.1) is 0 Å². The molecule has 0 spiro atoms.